The van der Waals surface area contributed by atoms with E-state index in [0.29, 0.717) is 0 Å². The summed E-state index contributed by atoms with van der Waals surface area (Å²) in [5.41, 5.74) is 1.13. The Morgan fingerprint density at radius 3 is 3.00 bits per heavy atom. The lowest BCUT2D eigenvalue weighted by molar-refractivity contribution is -0.0900. The fraction of sp³-hybridized carbons (Fsp3) is 0.786. The van der Waals surface area contributed by atoms with Gasteiger partial charge in [0, 0.05) is 19.3 Å². The fourth-order valence-electron chi connectivity index (χ4n) is 2.94. The molecular formula is C14H25N3O. The molecule has 4 nitrogen and oxygen atoms in total. The van der Waals surface area contributed by atoms with E-state index >= 15 is 0 Å². The monoisotopic (exact) mass is 251 g/mol. The summed E-state index contributed by atoms with van der Waals surface area (Å²) >= 11 is 0. The molecule has 1 aliphatic rings. The topological polar surface area (TPSA) is 39.1 Å². The largest absolute Gasteiger partial charge is 0.373 e. The van der Waals surface area contributed by atoms with Crippen molar-refractivity contribution in [3.05, 3.63) is 18.0 Å². The minimum atomic E-state index is -0.113. The standard InChI is InChI=1S/C14H25N3O/c1-4-10-17-12(7-9-16-17)13(15-3)14(2)8-5-6-11-18-14/h7,9,13,15H,4-6,8,10-11H2,1-3H3. The molecule has 0 spiro atoms. The molecule has 102 valence electrons. The number of rotatable bonds is 5. The summed E-state index contributed by atoms with van der Waals surface area (Å²) < 4.78 is 8.17. The Kier molecular flexibility index (Phi) is 4.40. The zero-order chi connectivity index (χ0) is 13.0. The maximum Gasteiger partial charge on any atom is 0.0863 e. The van der Waals surface area contributed by atoms with E-state index in [1.807, 2.05) is 13.2 Å². The van der Waals surface area contributed by atoms with Crippen molar-refractivity contribution in [3.8, 4) is 0 Å². The molecule has 1 fully saturated rings. The zero-order valence-electron chi connectivity index (χ0n) is 11.8. The van der Waals surface area contributed by atoms with Crippen molar-refractivity contribution in [2.24, 2.45) is 0 Å². The Morgan fingerprint density at radius 1 is 1.56 bits per heavy atom. The highest BCUT2D eigenvalue weighted by molar-refractivity contribution is 5.13. The first-order chi connectivity index (χ1) is 8.71. The van der Waals surface area contributed by atoms with Crippen LogP contribution in [0.3, 0.4) is 0 Å². The molecule has 1 aliphatic heterocycles. The van der Waals surface area contributed by atoms with Gasteiger partial charge in [0.05, 0.1) is 17.3 Å². The van der Waals surface area contributed by atoms with Crippen molar-refractivity contribution in [3.63, 3.8) is 0 Å². The van der Waals surface area contributed by atoms with Crippen LogP contribution in [0.25, 0.3) is 0 Å². The van der Waals surface area contributed by atoms with Crippen LogP contribution < -0.4 is 5.32 Å². The van der Waals surface area contributed by atoms with Crippen LogP contribution in [0.2, 0.25) is 0 Å². The minimum absolute atomic E-state index is 0.113. The molecule has 1 N–H and O–H groups in total. The van der Waals surface area contributed by atoms with Gasteiger partial charge in [0.1, 0.15) is 0 Å². The Morgan fingerprint density at radius 2 is 2.39 bits per heavy atom. The normalized spacial score (nSPS) is 26.2. The van der Waals surface area contributed by atoms with Gasteiger partial charge < -0.3 is 10.1 Å². The van der Waals surface area contributed by atoms with Gasteiger partial charge in [-0.15, -0.1) is 0 Å². The number of ether oxygens (including phenoxy) is 1. The molecule has 1 aromatic rings. The van der Waals surface area contributed by atoms with E-state index in [9.17, 15) is 0 Å². The van der Waals surface area contributed by atoms with Gasteiger partial charge in [-0.2, -0.15) is 5.10 Å². The van der Waals surface area contributed by atoms with Gasteiger partial charge in [-0.25, -0.2) is 0 Å². The highest BCUT2D eigenvalue weighted by Gasteiger charge is 2.38. The molecule has 0 amide bonds. The summed E-state index contributed by atoms with van der Waals surface area (Å²) in [4.78, 5) is 0. The van der Waals surface area contributed by atoms with Crippen molar-refractivity contribution < 1.29 is 4.74 Å². The first-order valence-electron chi connectivity index (χ1n) is 7.04. The number of nitrogens with zero attached hydrogens (tertiary/aromatic N) is 2. The fourth-order valence-corrected chi connectivity index (χ4v) is 2.94. The van der Waals surface area contributed by atoms with Crippen LogP contribution in [0.1, 0.15) is 51.3 Å². The second kappa shape index (κ2) is 5.85. The van der Waals surface area contributed by atoms with E-state index in [1.54, 1.807) is 0 Å². The van der Waals surface area contributed by atoms with Gasteiger partial charge in [-0.1, -0.05) is 6.92 Å². The Labute approximate surface area is 110 Å². The number of aromatic nitrogens is 2. The van der Waals surface area contributed by atoms with Crippen molar-refractivity contribution >= 4 is 0 Å². The average Bonchev–Trinajstić information content (AvgIpc) is 2.79. The van der Waals surface area contributed by atoms with Gasteiger partial charge in [0.25, 0.3) is 0 Å². The van der Waals surface area contributed by atoms with Crippen LogP contribution in [0.5, 0.6) is 0 Å². The van der Waals surface area contributed by atoms with Gasteiger partial charge in [0.2, 0.25) is 0 Å². The van der Waals surface area contributed by atoms with Crippen molar-refractivity contribution in [1.82, 2.24) is 15.1 Å². The second-order valence-electron chi connectivity index (χ2n) is 5.32. The number of nitrogens with one attached hydrogen (secondary N) is 1. The van der Waals surface area contributed by atoms with Gasteiger partial charge in [-0.3, -0.25) is 4.68 Å². The van der Waals surface area contributed by atoms with Crippen LogP contribution in [0.15, 0.2) is 12.3 Å². The molecule has 4 heteroatoms. The first kappa shape index (κ1) is 13.6. The molecule has 2 rings (SSSR count). The molecule has 18 heavy (non-hydrogen) atoms. The summed E-state index contributed by atoms with van der Waals surface area (Å²) in [6.07, 6.45) is 6.52. The van der Waals surface area contributed by atoms with Crippen LogP contribution in [0.4, 0.5) is 0 Å². The van der Waals surface area contributed by atoms with Crippen molar-refractivity contribution in [2.45, 2.75) is 57.7 Å². The highest BCUT2D eigenvalue weighted by atomic mass is 16.5. The minimum Gasteiger partial charge on any atom is -0.373 e. The first-order valence-corrected chi connectivity index (χ1v) is 7.04. The number of likely N-dealkylation sites (N-methyl/N-ethyl adjacent to an activating group) is 1. The third-order valence-electron chi connectivity index (χ3n) is 3.88. The van der Waals surface area contributed by atoms with E-state index in [-0.39, 0.29) is 11.6 Å². The molecule has 2 unspecified atom stereocenters. The molecular weight excluding hydrogens is 226 g/mol. The van der Waals surface area contributed by atoms with E-state index in [4.69, 9.17) is 4.74 Å². The quantitative estimate of drug-likeness (QED) is 0.874. The van der Waals surface area contributed by atoms with Gasteiger partial charge in [0.15, 0.2) is 0 Å². The number of hydrogen-bond acceptors (Lipinski definition) is 3. The third kappa shape index (κ3) is 2.59. The molecule has 1 saturated heterocycles. The molecule has 2 heterocycles. The lowest BCUT2D eigenvalue weighted by atomic mass is 9.86. The second-order valence-corrected chi connectivity index (χ2v) is 5.32. The Balaban J connectivity index is 2.23. The summed E-state index contributed by atoms with van der Waals surface area (Å²) in [6.45, 7) is 6.24. The molecule has 0 aromatic carbocycles. The van der Waals surface area contributed by atoms with E-state index in [0.717, 1.165) is 26.0 Å². The molecule has 0 radical (unpaired) electrons. The molecule has 0 aliphatic carbocycles. The Bertz CT molecular complexity index is 369. The smallest absolute Gasteiger partial charge is 0.0863 e. The third-order valence-corrected chi connectivity index (χ3v) is 3.88. The maximum atomic E-state index is 6.07. The average molecular weight is 251 g/mol. The summed E-state index contributed by atoms with van der Waals surface area (Å²) in [5, 5.41) is 7.85. The molecule has 1 aromatic heterocycles. The van der Waals surface area contributed by atoms with Crippen LogP contribution >= 0.6 is 0 Å². The predicted octanol–water partition coefficient (Wildman–Crippen LogP) is 2.51. The van der Waals surface area contributed by atoms with Crippen LogP contribution in [-0.4, -0.2) is 29.0 Å². The van der Waals surface area contributed by atoms with E-state index < -0.39 is 0 Å². The van der Waals surface area contributed by atoms with Crippen LogP contribution in [-0.2, 0) is 11.3 Å². The van der Waals surface area contributed by atoms with E-state index in [2.05, 4.69) is 35.0 Å². The molecule has 0 bridgehead atoms. The maximum absolute atomic E-state index is 6.07. The highest BCUT2D eigenvalue weighted by Crippen LogP contribution is 2.36. The number of aryl methyl sites for hydroxylation is 1. The van der Waals surface area contributed by atoms with Gasteiger partial charge in [-0.05, 0) is 45.7 Å². The summed E-state index contributed by atoms with van der Waals surface area (Å²) in [5.74, 6) is 0. The Hall–Kier alpha value is -0.870. The van der Waals surface area contributed by atoms with Crippen molar-refractivity contribution in [1.29, 1.82) is 0 Å². The SMILES string of the molecule is CCCn1nccc1C(NC)C1(C)CCCCO1. The van der Waals surface area contributed by atoms with Crippen LogP contribution in [0, 0.1) is 0 Å². The summed E-state index contributed by atoms with van der Waals surface area (Å²) in [7, 11) is 2.01. The lowest BCUT2D eigenvalue weighted by Crippen LogP contribution is -2.45. The van der Waals surface area contributed by atoms with Crippen molar-refractivity contribution in [2.75, 3.05) is 13.7 Å². The zero-order valence-corrected chi connectivity index (χ0v) is 11.8. The molecule has 2 atom stereocenters. The number of hydrogen-bond donors (Lipinski definition) is 1. The van der Waals surface area contributed by atoms with Gasteiger partial charge >= 0.3 is 0 Å². The molecule has 0 saturated carbocycles. The summed E-state index contributed by atoms with van der Waals surface area (Å²) in [6, 6.07) is 2.33. The predicted molar refractivity (Wildman–Crippen MR) is 72.5 cm³/mol. The lowest BCUT2D eigenvalue weighted by Gasteiger charge is -2.40. The van der Waals surface area contributed by atoms with E-state index in [1.165, 1.54) is 18.5 Å².